The van der Waals surface area contributed by atoms with Crippen LogP contribution >= 0.6 is 11.6 Å². The molecule has 0 aliphatic heterocycles. The highest BCUT2D eigenvalue weighted by Crippen LogP contribution is 2.28. The van der Waals surface area contributed by atoms with Crippen molar-refractivity contribution in [3.05, 3.63) is 34.5 Å². The van der Waals surface area contributed by atoms with Gasteiger partial charge < -0.3 is 10.3 Å². The number of rotatable bonds is 2. The molecule has 2 N–H and O–H groups in total. The van der Waals surface area contributed by atoms with E-state index in [-0.39, 0.29) is 0 Å². The lowest BCUT2D eigenvalue weighted by atomic mass is 10.1. The van der Waals surface area contributed by atoms with Crippen molar-refractivity contribution < 1.29 is 0 Å². The van der Waals surface area contributed by atoms with Crippen LogP contribution < -0.4 is 5.73 Å². The predicted octanol–water partition coefficient (Wildman–Crippen LogP) is 2.64. The normalized spacial score (nSPS) is 11.2. The van der Waals surface area contributed by atoms with Crippen LogP contribution in [0.2, 0.25) is 5.02 Å². The zero-order valence-electron chi connectivity index (χ0n) is 9.05. The van der Waals surface area contributed by atoms with Gasteiger partial charge in [-0.1, -0.05) is 17.7 Å². The number of hydrogen-bond donors (Lipinski definition) is 1. The van der Waals surface area contributed by atoms with Crippen molar-refractivity contribution in [2.45, 2.75) is 13.3 Å². The zero-order chi connectivity index (χ0) is 11.0. The van der Waals surface area contributed by atoms with E-state index in [0.29, 0.717) is 6.54 Å². The topological polar surface area (TPSA) is 30.9 Å². The molecular weight excluding hydrogens is 208 g/mol. The summed E-state index contributed by atoms with van der Waals surface area (Å²) in [7, 11) is 2.05. The zero-order valence-corrected chi connectivity index (χ0v) is 9.80. The van der Waals surface area contributed by atoms with Gasteiger partial charge >= 0.3 is 0 Å². The van der Waals surface area contributed by atoms with Gasteiger partial charge in [0.2, 0.25) is 0 Å². The Balaban J connectivity index is 2.74. The number of benzene rings is 1. The number of nitrogens with zero attached hydrogens (tertiary/aromatic N) is 1. The van der Waals surface area contributed by atoms with Crippen LogP contribution in [-0.2, 0) is 13.5 Å². The molecule has 1 heterocycles. The molecular formula is C12H15ClN2. The molecule has 0 bridgehead atoms. The molecule has 1 aromatic carbocycles. The Hall–Kier alpha value is -0.990. The third kappa shape index (κ3) is 1.64. The summed E-state index contributed by atoms with van der Waals surface area (Å²) >= 11 is 6.11. The Bertz CT molecular complexity index is 500. The van der Waals surface area contributed by atoms with Gasteiger partial charge in [-0.05, 0) is 37.1 Å². The molecule has 0 amide bonds. The van der Waals surface area contributed by atoms with Crippen molar-refractivity contribution in [3.63, 3.8) is 0 Å². The fourth-order valence-electron chi connectivity index (χ4n) is 2.11. The van der Waals surface area contributed by atoms with Gasteiger partial charge in [-0.2, -0.15) is 0 Å². The van der Waals surface area contributed by atoms with E-state index in [1.807, 2.05) is 13.1 Å². The van der Waals surface area contributed by atoms with E-state index >= 15 is 0 Å². The van der Waals surface area contributed by atoms with Crippen LogP contribution in [0.1, 0.15) is 11.1 Å². The number of aryl methyl sites for hydroxylation is 2. The molecule has 15 heavy (non-hydrogen) atoms. The molecule has 2 nitrogen and oxygen atoms in total. The van der Waals surface area contributed by atoms with Crippen LogP contribution in [0.4, 0.5) is 0 Å². The van der Waals surface area contributed by atoms with Crippen LogP contribution in [0.25, 0.3) is 10.9 Å². The van der Waals surface area contributed by atoms with Crippen LogP contribution in [0.3, 0.4) is 0 Å². The van der Waals surface area contributed by atoms with Gasteiger partial charge in [-0.25, -0.2) is 0 Å². The minimum absolute atomic E-state index is 0.681. The third-order valence-electron chi connectivity index (χ3n) is 2.83. The lowest BCUT2D eigenvalue weighted by Crippen LogP contribution is -2.01. The SMILES string of the molecule is Cc1c(Cl)ccc2c(CCN)cn(C)c12. The van der Waals surface area contributed by atoms with E-state index in [1.54, 1.807) is 0 Å². The van der Waals surface area contributed by atoms with Gasteiger partial charge in [-0.3, -0.25) is 0 Å². The fraction of sp³-hybridized carbons (Fsp3) is 0.333. The van der Waals surface area contributed by atoms with Gasteiger partial charge in [0.25, 0.3) is 0 Å². The first kappa shape index (κ1) is 10.5. The van der Waals surface area contributed by atoms with Crippen LogP contribution in [0.15, 0.2) is 18.3 Å². The summed E-state index contributed by atoms with van der Waals surface area (Å²) in [6.45, 7) is 2.73. The van der Waals surface area contributed by atoms with Gasteiger partial charge in [-0.15, -0.1) is 0 Å². The summed E-state index contributed by atoms with van der Waals surface area (Å²) in [5.41, 5.74) is 9.25. The Labute approximate surface area is 94.6 Å². The summed E-state index contributed by atoms with van der Waals surface area (Å²) < 4.78 is 2.13. The minimum Gasteiger partial charge on any atom is -0.350 e. The average molecular weight is 223 g/mol. The van der Waals surface area contributed by atoms with Crippen LogP contribution in [0, 0.1) is 6.92 Å². The quantitative estimate of drug-likeness (QED) is 0.832. The first-order valence-electron chi connectivity index (χ1n) is 5.08. The Morgan fingerprint density at radius 3 is 2.80 bits per heavy atom. The van der Waals surface area contributed by atoms with Crippen molar-refractivity contribution in [1.82, 2.24) is 4.57 Å². The van der Waals surface area contributed by atoms with Crippen molar-refractivity contribution in [2.24, 2.45) is 12.8 Å². The average Bonchev–Trinajstić information content (AvgIpc) is 2.51. The maximum atomic E-state index is 6.11. The van der Waals surface area contributed by atoms with Crippen LogP contribution in [0.5, 0.6) is 0 Å². The number of hydrogen-bond acceptors (Lipinski definition) is 1. The monoisotopic (exact) mass is 222 g/mol. The number of aromatic nitrogens is 1. The molecule has 0 radical (unpaired) electrons. The molecule has 1 aromatic heterocycles. The molecule has 3 heteroatoms. The van der Waals surface area contributed by atoms with E-state index in [0.717, 1.165) is 17.0 Å². The summed E-state index contributed by atoms with van der Waals surface area (Å²) in [5, 5.41) is 2.09. The second kappa shape index (κ2) is 3.87. The van der Waals surface area contributed by atoms with E-state index in [1.165, 1.54) is 16.5 Å². The van der Waals surface area contributed by atoms with Crippen LogP contribution in [-0.4, -0.2) is 11.1 Å². The maximum absolute atomic E-state index is 6.11. The number of fused-ring (bicyclic) bond motifs is 1. The highest BCUT2D eigenvalue weighted by atomic mass is 35.5. The lowest BCUT2D eigenvalue weighted by Gasteiger charge is -2.03. The van der Waals surface area contributed by atoms with Gasteiger partial charge in [0.05, 0.1) is 5.52 Å². The number of halogens is 1. The van der Waals surface area contributed by atoms with Gasteiger partial charge in [0.15, 0.2) is 0 Å². The highest BCUT2D eigenvalue weighted by Gasteiger charge is 2.09. The minimum atomic E-state index is 0.681. The molecule has 80 valence electrons. The maximum Gasteiger partial charge on any atom is 0.0525 e. The Morgan fingerprint density at radius 1 is 1.40 bits per heavy atom. The molecule has 0 fully saturated rings. The smallest absolute Gasteiger partial charge is 0.0525 e. The molecule has 2 aromatic rings. The van der Waals surface area contributed by atoms with Gasteiger partial charge in [0, 0.05) is 23.7 Å². The standard InChI is InChI=1S/C12H15ClN2/c1-8-11(13)4-3-10-9(5-6-14)7-15(2)12(8)10/h3-4,7H,5-6,14H2,1-2H3. The summed E-state index contributed by atoms with van der Waals surface area (Å²) in [6, 6.07) is 4.04. The van der Waals surface area contributed by atoms with E-state index in [9.17, 15) is 0 Å². The lowest BCUT2D eigenvalue weighted by molar-refractivity contribution is 0.927. The molecule has 0 aliphatic rings. The van der Waals surface area contributed by atoms with E-state index in [2.05, 4.69) is 23.8 Å². The molecule has 0 saturated carbocycles. The molecule has 2 rings (SSSR count). The van der Waals surface area contributed by atoms with Crippen molar-refractivity contribution in [2.75, 3.05) is 6.54 Å². The fourth-order valence-corrected chi connectivity index (χ4v) is 2.26. The third-order valence-corrected chi connectivity index (χ3v) is 3.24. The second-order valence-electron chi connectivity index (χ2n) is 3.87. The summed E-state index contributed by atoms with van der Waals surface area (Å²) in [4.78, 5) is 0. The number of nitrogens with two attached hydrogens (primary N) is 1. The summed E-state index contributed by atoms with van der Waals surface area (Å²) in [6.07, 6.45) is 3.05. The first-order chi connectivity index (χ1) is 7.15. The molecule has 0 saturated heterocycles. The largest absolute Gasteiger partial charge is 0.350 e. The molecule has 0 spiro atoms. The highest BCUT2D eigenvalue weighted by molar-refractivity contribution is 6.32. The van der Waals surface area contributed by atoms with E-state index < -0.39 is 0 Å². The molecule has 0 unspecified atom stereocenters. The summed E-state index contributed by atoms with van der Waals surface area (Å²) in [5.74, 6) is 0. The van der Waals surface area contributed by atoms with Crippen molar-refractivity contribution in [1.29, 1.82) is 0 Å². The molecule has 0 aliphatic carbocycles. The Kier molecular flexibility index (Phi) is 2.72. The van der Waals surface area contributed by atoms with E-state index in [4.69, 9.17) is 17.3 Å². The first-order valence-corrected chi connectivity index (χ1v) is 5.46. The molecule has 0 atom stereocenters. The van der Waals surface area contributed by atoms with Crippen molar-refractivity contribution in [3.8, 4) is 0 Å². The Morgan fingerprint density at radius 2 is 2.13 bits per heavy atom. The van der Waals surface area contributed by atoms with Gasteiger partial charge in [0.1, 0.15) is 0 Å². The predicted molar refractivity (Wildman–Crippen MR) is 65.4 cm³/mol. The second-order valence-corrected chi connectivity index (χ2v) is 4.28. The van der Waals surface area contributed by atoms with Crippen molar-refractivity contribution >= 4 is 22.5 Å².